The highest BCUT2D eigenvalue weighted by Crippen LogP contribution is 2.18. The van der Waals surface area contributed by atoms with E-state index < -0.39 is 0 Å². The van der Waals surface area contributed by atoms with Gasteiger partial charge < -0.3 is 11.1 Å². The molecule has 0 unspecified atom stereocenters. The topological polar surface area (TPSA) is 101 Å². The molecular formula is C10H10N4O2. The summed E-state index contributed by atoms with van der Waals surface area (Å²) in [5.41, 5.74) is 6.64. The highest BCUT2D eigenvalue weighted by atomic mass is 16.1. The SMILES string of the molecule is CC1=CC(=O)C(Nc2cn[nH]c2N)=CC1=O. The molecule has 1 aliphatic carbocycles. The van der Waals surface area contributed by atoms with Gasteiger partial charge in [0.25, 0.3) is 0 Å². The predicted molar refractivity (Wildman–Crippen MR) is 58.5 cm³/mol. The Hall–Kier alpha value is -2.37. The Bertz CT molecular complexity index is 525. The van der Waals surface area contributed by atoms with Crippen molar-refractivity contribution in [2.45, 2.75) is 6.92 Å². The second kappa shape index (κ2) is 3.65. The molecule has 0 amide bonds. The number of nitrogens with one attached hydrogen (secondary N) is 2. The first-order valence-corrected chi connectivity index (χ1v) is 4.62. The third kappa shape index (κ3) is 1.72. The van der Waals surface area contributed by atoms with Crippen LogP contribution in [0.25, 0.3) is 0 Å². The minimum Gasteiger partial charge on any atom is -0.382 e. The van der Waals surface area contributed by atoms with Crippen LogP contribution in [0.5, 0.6) is 0 Å². The van der Waals surface area contributed by atoms with Crippen molar-refractivity contribution in [2.24, 2.45) is 0 Å². The molecule has 1 aromatic heterocycles. The maximum Gasteiger partial charge on any atom is 0.202 e. The van der Waals surface area contributed by atoms with Crippen molar-refractivity contribution in [1.82, 2.24) is 10.2 Å². The van der Waals surface area contributed by atoms with Crippen LogP contribution in [-0.2, 0) is 9.59 Å². The van der Waals surface area contributed by atoms with Crippen LogP contribution in [-0.4, -0.2) is 21.8 Å². The number of anilines is 2. The third-order valence-electron chi connectivity index (χ3n) is 2.22. The zero-order valence-corrected chi connectivity index (χ0v) is 8.57. The Kier molecular flexibility index (Phi) is 2.32. The first-order chi connectivity index (χ1) is 7.58. The fourth-order valence-corrected chi connectivity index (χ4v) is 1.30. The molecule has 0 aliphatic heterocycles. The number of hydrogen-bond acceptors (Lipinski definition) is 5. The van der Waals surface area contributed by atoms with Crippen molar-refractivity contribution >= 4 is 23.1 Å². The van der Waals surface area contributed by atoms with Crippen molar-refractivity contribution in [3.05, 3.63) is 29.6 Å². The lowest BCUT2D eigenvalue weighted by Crippen LogP contribution is -2.17. The summed E-state index contributed by atoms with van der Waals surface area (Å²) >= 11 is 0. The summed E-state index contributed by atoms with van der Waals surface area (Å²) < 4.78 is 0. The molecule has 6 heteroatoms. The number of nitrogen functional groups attached to an aromatic ring is 1. The van der Waals surface area contributed by atoms with E-state index in [1.807, 2.05) is 0 Å². The standard InChI is InChI=1S/C10H10N4O2/c1-5-2-9(16)6(3-8(5)15)13-7-4-12-14-10(7)11/h2-4,13H,1H3,(H3,11,12,14). The van der Waals surface area contributed by atoms with Crippen LogP contribution in [0.3, 0.4) is 0 Å². The molecule has 1 aromatic rings. The van der Waals surface area contributed by atoms with Crippen molar-refractivity contribution in [2.75, 3.05) is 11.1 Å². The van der Waals surface area contributed by atoms with Crippen LogP contribution >= 0.6 is 0 Å². The number of aromatic nitrogens is 2. The van der Waals surface area contributed by atoms with Gasteiger partial charge in [-0.2, -0.15) is 5.10 Å². The van der Waals surface area contributed by atoms with Gasteiger partial charge in [-0.3, -0.25) is 14.7 Å². The first-order valence-electron chi connectivity index (χ1n) is 4.62. The van der Waals surface area contributed by atoms with Gasteiger partial charge >= 0.3 is 0 Å². The second-order valence-corrected chi connectivity index (χ2v) is 3.44. The molecule has 0 fully saturated rings. The molecular weight excluding hydrogens is 208 g/mol. The van der Waals surface area contributed by atoms with Crippen molar-refractivity contribution in [3.8, 4) is 0 Å². The van der Waals surface area contributed by atoms with E-state index in [9.17, 15) is 9.59 Å². The molecule has 0 spiro atoms. The number of H-pyrrole nitrogens is 1. The van der Waals surface area contributed by atoms with Crippen molar-refractivity contribution < 1.29 is 9.59 Å². The van der Waals surface area contributed by atoms with Crippen LogP contribution in [0, 0.1) is 0 Å². The molecule has 6 nitrogen and oxygen atoms in total. The van der Waals surface area contributed by atoms with Gasteiger partial charge in [-0.1, -0.05) is 0 Å². The number of allylic oxidation sites excluding steroid dienone is 3. The van der Waals surface area contributed by atoms with Gasteiger partial charge in [0.05, 0.1) is 11.9 Å². The number of nitrogens with zero attached hydrogens (tertiary/aromatic N) is 1. The Morgan fingerprint density at radius 2 is 2.06 bits per heavy atom. The molecule has 0 saturated heterocycles. The molecule has 2 rings (SSSR count). The maximum absolute atomic E-state index is 11.6. The van der Waals surface area contributed by atoms with Crippen LogP contribution in [0.1, 0.15) is 6.92 Å². The quantitative estimate of drug-likeness (QED) is 0.623. The highest BCUT2D eigenvalue weighted by Gasteiger charge is 2.18. The minimum atomic E-state index is -0.252. The molecule has 0 atom stereocenters. The molecule has 4 N–H and O–H groups in total. The number of ketones is 2. The van der Waals surface area contributed by atoms with E-state index >= 15 is 0 Å². The summed E-state index contributed by atoms with van der Waals surface area (Å²) in [5.74, 6) is -0.130. The van der Waals surface area contributed by atoms with Crippen LogP contribution in [0.4, 0.5) is 11.5 Å². The summed E-state index contributed by atoms with van der Waals surface area (Å²) in [7, 11) is 0. The van der Waals surface area contributed by atoms with E-state index in [-0.39, 0.29) is 17.3 Å². The molecule has 82 valence electrons. The van der Waals surface area contributed by atoms with Crippen LogP contribution < -0.4 is 11.1 Å². The summed E-state index contributed by atoms with van der Waals surface area (Å²) in [6, 6.07) is 0. The molecule has 1 heterocycles. The number of aromatic amines is 1. The van der Waals surface area contributed by atoms with E-state index in [4.69, 9.17) is 5.73 Å². The van der Waals surface area contributed by atoms with Gasteiger partial charge in [-0.25, -0.2) is 0 Å². The largest absolute Gasteiger partial charge is 0.382 e. The second-order valence-electron chi connectivity index (χ2n) is 3.44. The zero-order chi connectivity index (χ0) is 11.7. The number of carbonyl (C=O) groups excluding carboxylic acids is 2. The Labute approximate surface area is 91.2 Å². The number of hydrogen-bond donors (Lipinski definition) is 3. The fraction of sp³-hybridized carbons (Fsp3) is 0.100. The van der Waals surface area contributed by atoms with Gasteiger partial charge in [-0.15, -0.1) is 0 Å². The number of rotatable bonds is 2. The molecule has 0 saturated carbocycles. The monoisotopic (exact) mass is 218 g/mol. The third-order valence-corrected chi connectivity index (χ3v) is 2.22. The molecule has 1 aliphatic rings. The van der Waals surface area contributed by atoms with Crippen LogP contribution in [0.15, 0.2) is 29.6 Å². The number of nitrogens with two attached hydrogens (primary N) is 1. The predicted octanol–water partition coefficient (Wildman–Crippen LogP) is 0.386. The molecule has 0 aromatic carbocycles. The molecule has 0 radical (unpaired) electrons. The van der Waals surface area contributed by atoms with E-state index in [0.29, 0.717) is 17.1 Å². The first kappa shape index (κ1) is 10.2. The fourth-order valence-electron chi connectivity index (χ4n) is 1.30. The van der Waals surface area contributed by atoms with E-state index in [1.165, 1.54) is 18.3 Å². The average molecular weight is 218 g/mol. The van der Waals surface area contributed by atoms with Crippen molar-refractivity contribution in [1.29, 1.82) is 0 Å². The van der Waals surface area contributed by atoms with E-state index in [2.05, 4.69) is 15.5 Å². The smallest absolute Gasteiger partial charge is 0.202 e. The summed E-state index contributed by atoms with van der Waals surface area (Å²) in [6.45, 7) is 1.60. The summed E-state index contributed by atoms with van der Waals surface area (Å²) in [5, 5.41) is 8.97. The van der Waals surface area contributed by atoms with E-state index in [1.54, 1.807) is 6.92 Å². The Morgan fingerprint density at radius 1 is 1.31 bits per heavy atom. The van der Waals surface area contributed by atoms with Gasteiger partial charge in [-0.05, 0) is 13.0 Å². The van der Waals surface area contributed by atoms with E-state index in [0.717, 1.165) is 0 Å². The summed E-state index contributed by atoms with van der Waals surface area (Å²) in [6.07, 6.45) is 3.99. The number of carbonyl (C=O) groups is 2. The van der Waals surface area contributed by atoms with Gasteiger partial charge in [0.15, 0.2) is 5.78 Å². The van der Waals surface area contributed by atoms with Gasteiger partial charge in [0, 0.05) is 11.6 Å². The van der Waals surface area contributed by atoms with Crippen molar-refractivity contribution in [3.63, 3.8) is 0 Å². The lowest BCUT2D eigenvalue weighted by Gasteiger charge is -2.10. The summed E-state index contributed by atoms with van der Waals surface area (Å²) in [4.78, 5) is 22.9. The maximum atomic E-state index is 11.6. The average Bonchev–Trinajstić information content (AvgIpc) is 2.61. The van der Waals surface area contributed by atoms with Gasteiger partial charge in [0.1, 0.15) is 11.5 Å². The Balaban J connectivity index is 2.24. The zero-order valence-electron chi connectivity index (χ0n) is 8.57. The molecule has 0 bridgehead atoms. The lowest BCUT2D eigenvalue weighted by molar-refractivity contribution is -0.115. The lowest BCUT2D eigenvalue weighted by atomic mass is 10.0. The highest BCUT2D eigenvalue weighted by molar-refractivity contribution is 6.20. The van der Waals surface area contributed by atoms with Gasteiger partial charge in [0.2, 0.25) is 5.78 Å². The Morgan fingerprint density at radius 3 is 2.69 bits per heavy atom. The van der Waals surface area contributed by atoms with Crippen LogP contribution in [0.2, 0.25) is 0 Å². The normalized spacial score (nSPS) is 15.8. The minimum absolute atomic E-state index is 0.191. The molecule has 16 heavy (non-hydrogen) atoms.